The fourth-order valence-electron chi connectivity index (χ4n) is 0.636. The average Bonchev–Trinajstić information content (AvgIpc) is 1.64. The van der Waals surface area contributed by atoms with Crippen LogP contribution in [0.5, 0.6) is 0 Å². The van der Waals surface area contributed by atoms with Crippen LogP contribution in [0.1, 0.15) is 20.3 Å². The molecule has 1 N–H and O–H groups in total. The zero-order valence-electron chi connectivity index (χ0n) is 5.85. The van der Waals surface area contributed by atoms with Crippen LogP contribution in [0, 0.1) is 5.92 Å². The topological polar surface area (TPSA) is 54.4 Å². The Hall–Kier alpha value is -0.341. The molecule has 0 aliphatic heterocycles. The van der Waals surface area contributed by atoms with Crippen LogP contribution >= 0.6 is 0 Å². The average molecular weight is 194 g/mol. The van der Waals surface area contributed by atoms with Crippen molar-refractivity contribution in [2.24, 2.45) is 5.92 Å². The van der Waals surface area contributed by atoms with E-state index in [0.29, 0.717) is 6.42 Å². The molecule has 10 heavy (non-hydrogen) atoms. The molecule has 0 bridgehead atoms. The third-order valence-corrected chi connectivity index (χ3v) is 1.20. The Balaban J connectivity index is 0. The van der Waals surface area contributed by atoms with Gasteiger partial charge in [-0.05, 0) is 13.3 Å². The van der Waals surface area contributed by atoms with Gasteiger partial charge in [0, 0.05) is 17.1 Å². The summed E-state index contributed by atoms with van der Waals surface area (Å²) < 4.78 is 0. The number of hydrogen-bond donors (Lipinski definition) is 1. The van der Waals surface area contributed by atoms with E-state index < -0.39 is 11.9 Å². The molecule has 0 aromatic carbocycles. The maximum absolute atomic E-state index is 10.4. The largest absolute Gasteiger partial charge is 0.481 e. The van der Waals surface area contributed by atoms with Crippen molar-refractivity contribution in [2.75, 3.05) is 0 Å². The third kappa shape index (κ3) is 3.64. The number of carbonyl (C=O) groups excluding carboxylic acids is 1. The molecule has 0 fully saturated rings. The first-order chi connectivity index (χ1) is 4.09. The van der Waals surface area contributed by atoms with Crippen LogP contribution in [0.25, 0.3) is 0 Å². The summed E-state index contributed by atoms with van der Waals surface area (Å²) in [5.41, 5.74) is 0. The monoisotopic (exact) mass is 193 g/mol. The summed E-state index contributed by atoms with van der Waals surface area (Å²) in [6.07, 6.45) is 0.380. The van der Waals surface area contributed by atoms with Gasteiger partial charge in [-0.15, -0.1) is 0 Å². The van der Waals surface area contributed by atoms with Gasteiger partial charge in [0.15, 0.2) is 0 Å². The number of carboxylic acids is 1. The van der Waals surface area contributed by atoms with E-state index in [4.69, 9.17) is 5.11 Å². The van der Waals surface area contributed by atoms with Gasteiger partial charge in [-0.2, -0.15) is 0 Å². The number of Topliss-reactive ketones (excluding diaryl/α,β-unsaturated/α-hetero) is 1. The molecule has 0 heterocycles. The van der Waals surface area contributed by atoms with E-state index in [1.807, 2.05) is 0 Å². The Morgan fingerprint density at radius 3 is 1.90 bits per heavy atom. The van der Waals surface area contributed by atoms with Crippen molar-refractivity contribution < 1.29 is 31.8 Å². The number of aliphatic carboxylic acids is 1. The number of ketones is 1. The second-order valence-electron chi connectivity index (χ2n) is 1.91. The molecule has 1 radical (unpaired) electrons. The van der Waals surface area contributed by atoms with Gasteiger partial charge in [0.2, 0.25) is 0 Å². The Morgan fingerprint density at radius 2 is 1.90 bits per heavy atom. The van der Waals surface area contributed by atoms with Crippen molar-refractivity contribution in [3.63, 3.8) is 0 Å². The van der Waals surface area contributed by atoms with Crippen molar-refractivity contribution in [3.05, 3.63) is 0 Å². The van der Waals surface area contributed by atoms with Gasteiger partial charge in [-0.3, -0.25) is 9.59 Å². The summed E-state index contributed by atoms with van der Waals surface area (Å²) in [5.74, 6) is -2.10. The maximum Gasteiger partial charge on any atom is 0.314 e. The minimum Gasteiger partial charge on any atom is -0.481 e. The van der Waals surface area contributed by atoms with Crippen molar-refractivity contribution in [3.8, 4) is 0 Å². The number of hydrogen-bond acceptors (Lipinski definition) is 2. The molecule has 0 rings (SSSR count). The van der Waals surface area contributed by atoms with Gasteiger partial charge in [0.25, 0.3) is 0 Å². The number of rotatable bonds is 3. The molecular formula is C6H10CuO3. The Morgan fingerprint density at radius 1 is 1.50 bits per heavy atom. The van der Waals surface area contributed by atoms with E-state index in [1.165, 1.54) is 6.92 Å². The predicted octanol–water partition coefficient (Wildman–Crippen LogP) is 0.684. The molecule has 63 valence electrons. The standard InChI is InChI=1S/C6H10O3.Cu/c1-3-5(4(2)7)6(8)9;/h5H,3H2,1-2H3,(H,8,9);. The van der Waals surface area contributed by atoms with Crippen LogP contribution in [0.15, 0.2) is 0 Å². The SMILES string of the molecule is CCC(C(C)=O)C(=O)O.[Cu]. The summed E-state index contributed by atoms with van der Waals surface area (Å²) in [7, 11) is 0. The van der Waals surface area contributed by atoms with Crippen LogP contribution in [0.3, 0.4) is 0 Å². The molecule has 0 aliphatic rings. The summed E-state index contributed by atoms with van der Waals surface area (Å²) in [4.78, 5) is 20.6. The fraction of sp³-hybridized carbons (Fsp3) is 0.667. The van der Waals surface area contributed by atoms with Crippen molar-refractivity contribution in [2.45, 2.75) is 20.3 Å². The van der Waals surface area contributed by atoms with Crippen LogP contribution in [0.4, 0.5) is 0 Å². The third-order valence-electron chi connectivity index (χ3n) is 1.20. The van der Waals surface area contributed by atoms with Crippen LogP contribution in [-0.2, 0) is 26.7 Å². The minimum absolute atomic E-state index is 0. The number of carboxylic acid groups (broad SMARTS) is 1. The van der Waals surface area contributed by atoms with Crippen molar-refractivity contribution >= 4 is 11.8 Å². The second-order valence-corrected chi connectivity index (χ2v) is 1.91. The molecule has 0 saturated carbocycles. The van der Waals surface area contributed by atoms with Crippen molar-refractivity contribution in [1.82, 2.24) is 0 Å². The summed E-state index contributed by atoms with van der Waals surface area (Å²) in [5, 5.41) is 8.32. The zero-order chi connectivity index (χ0) is 7.44. The summed E-state index contributed by atoms with van der Waals surface area (Å²) >= 11 is 0. The molecule has 0 aromatic rings. The first-order valence-electron chi connectivity index (χ1n) is 2.82. The maximum atomic E-state index is 10.4. The van der Waals surface area contributed by atoms with E-state index in [-0.39, 0.29) is 22.9 Å². The molecule has 1 atom stereocenters. The van der Waals surface area contributed by atoms with Gasteiger partial charge in [-0.25, -0.2) is 0 Å². The predicted molar refractivity (Wildman–Crippen MR) is 32.1 cm³/mol. The van der Waals surface area contributed by atoms with Gasteiger partial charge in [0.1, 0.15) is 11.7 Å². The van der Waals surface area contributed by atoms with Gasteiger partial charge >= 0.3 is 5.97 Å². The molecule has 0 amide bonds. The quantitative estimate of drug-likeness (QED) is 0.530. The Kier molecular flexibility index (Phi) is 6.72. The van der Waals surface area contributed by atoms with E-state index >= 15 is 0 Å². The van der Waals surface area contributed by atoms with Crippen LogP contribution in [0.2, 0.25) is 0 Å². The van der Waals surface area contributed by atoms with Gasteiger partial charge in [-0.1, -0.05) is 6.92 Å². The summed E-state index contributed by atoms with van der Waals surface area (Å²) in [6, 6.07) is 0. The first kappa shape index (κ1) is 12.3. The fourth-order valence-corrected chi connectivity index (χ4v) is 0.636. The van der Waals surface area contributed by atoms with E-state index in [0.717, 1.165) is 0 Å². The van der Waals surface area contributed by atoms with Gasteiger partial charge in [0.05, 0.1) is 0 Å². The van der Waals surface area contributed by atoms with E-state index in [1.54, 1.807) is 6.92 Å². The molecule has 1 unspecified atom stereocenters. The molecule has 3 nitrogen and oxygen atoms in total. The molecule has 4 heteroatoms. The van der Waals surface area contributed by atoms with E-state index in [2.05, 4.69) is 0 Å². The molecule has 0 spiro atoms. The zero-order valence-corrected chi connectivity index (χ0v) is 6.79. The second kappa shape index (κ2) is 5.44. The molecule has 0 saturated heterocycles. The van der Waals surface area contributed by atoms with E-state index in [9.17, 15) is 9.59 Å². The molecular weight excluding hydrogens is 184 g/mol. The first-order valence-corrected chi connectivity index (χ1v) is 2.82. The van der Waals surface area contributed by atoms with Crippen LogP contribution in [-0.4, -0.2) is 16.9 Å². The van der Waals surface area contributed by atoms with Crippen molar-refractivity contribution in [1.29, 1.82) is 0 Å². The normalized spacial score (nSPS) is 11.4. The number of carbonyl (C=O) groups is 2. The smallest absolute Gasteiger partial charge is 0.314 e. The van der Waals surface area contributed by atoms with Crippen LogP contribution < -0.4 is 0 Å². The Labute approximate surface area is 70.3 Å². The Bertz CT molecular complexity index is 119. The van der Waals surface area contributed by atoms with Gasteiger partial charge < -0.3 is 5.11 Å². The molecule has 0 aliphatic carbocycles. The molecule has 0 aromatic heterocycles. The summed E-state index contributed by atoms with van der Waals surface area (Å²) in [6.45, 7) is 2.97. The minimum atomic E-state index is -1.02.